The molecule has 0 unspecified atom stereocenters. The van der Waals surface area contributed by atoms with Gasteiger partial charge in [-0.15, -0.1) is 0 Å². The minimum Gasteiger partial charge on any atom is -0.310 e. The van der Waals surface area contributed by atoms with E-state index in [9.17, 15) is 8.78 Å². The van der Waals surface area contributed by atoms with Crippen LogP contribution >= 0.6 is 0 Å². The number of hydrogen-bond acceptors (Lipinski definition) is 1. The SMILES string of the molecule is Fc1cccc(N(c2ccc(-c3ccc4c(c3)-c3ccccc3C4)cc2)c2cccc(F)c2)c1. The third kappa shape index (κ3) is 3.65. The minimum atomic E-state index is -0.339. The lowest BCUT2D eigenvalue weighted by atomic mass is 9.98. The predicted molar refractivity (Wildman–Crippen MR) is 135 cm³/mol. The molecule has 3 heteroatoms. The summed E-state index contributed by atoms with van der Waals surface area (Å²) in [4.78, 5) is 1.86. The predicted octanol–water partition coefficient (Wildman–Crippen LogP) is 8.67. The molecule has 0 radical (unpaired) electrons. The Hall–Kier alpha value is -4.24. The van der Waals surface area contributed by atoms with Gasteiger partial charge in [0.05, 0.1) is 0 Å². The highest BCUT2D eigenvalue weighted by Crippen LogP contribution is 2.40. The van der Waals surface area contributed by atoms with Crippen LogP contribution in [0.1, 0.15) is 11.1 Å². The van der Waals surface area contributed by atoms with Gasteiger partial charge in [-0.2, -0.15) is 0 Å². The van der Waals surface area contributed by atoms with Gasteiger partial charge in [0.15, 0.2) is 0 Å². The molecule has 164 valence electrons. The fraction of sp³-hybridized carbons (Fsp3) is 0.0323. The van der Waals surface area contributed by atoms with Crippen molar-refractivity contribution < 1.29 is 8.78 Å². The van der Waals surface area contributed by atoms with Crippen LogP contribution in [0.15, 0.2) is 115 Å². The van der Waals surface area contributed by atoms with Crippen molar-refractivity contribution >= 4 is 17.1 Å². The van der Waals surface area contributed by atoms with Crippen molar-refractivity contribution in [3.8, 4) is 22.3 Å². The van der Waals surface area contributed by atoms with Crippen LogP contribution in [0.3, 0.4) is 0 Å². The summed E-state index contributed by atoms with van der Waals surface area (Å²) < 4.78 is 28.1. The van der Waals surface area contributed by atoms with Crippen LogP contribution in [0, 0.1) is 11.6 Å². The summed E-state index contributed by atoms with van der Waals surface area (Å²) >= 11 is 0. The second kappa shape index (κ2) is 8.27. The van der Waals surface area contributed by atoms with Gasteiger partial charge < -0.3 is 4.90 Å². The molecule has 0 saturated heterocycles. The maximum absolute atomic E-state index is 14.0. The average Bonchev–Trinajstić information content (AvgIpc) is 3.23. The number of nitrogens with zero attached hydrogens (tertiary/aromatic N) is 1. The van der Waals surface area contributed by atoms with E-state index in [1.807, 2.05) is 29.2 Å². The van der Waals surface area contributed by atoms with E-state index < -0.39 is 0 Å². The topological polar surface area (TPSA) is 3.24 Å². The molecule has 5 aromatic rings. The minimum absolute atomic E-state index is 0.339. The summed E-state index contributed by atoms with van der Waals surface area (Å²) in [7, 11) is 0. The molecular formula is C31H21F2N. The molecule has 6 rings (SSSR count). The molecule has 0 fully saturated rings. The molecule has 0 spiro atoms. The molecule has 0 aliphatic heterocycles. The van der Waals surface area contributed by atoms with Gasteiger partial charge in [-0.1, -0.05) is 60.7 Å². The highest BCUT2D eigenvalue weighted by Gasteiger charge is 2.19. The Morgan fingerprint density at radius 1 is 0.471 bits per heavy atom. The zero-order valence-corrected chi connectivity index (χ0v) is 18.4. The van der Waals surface area contributed by atoms with Gasteiger partial charge in [0.1, 0.15) is 11.6 Å². The first-order valence-corrected chi connectivity index (χ1v) is 11.3. The lowest BCUT2D eigenvalue weighted by molar-refractivity contribution is 0.627. The Kier molecular flexibility index (Phi) is 4.96. The maximum Gasteiger partial charge on any atom is 0.125 e. The molecule has 0 N–H and O–H groups in total. The summed E-state index contributed by atoms with van der Waals surface area (Å²) in [5.74, 6) is -0.678. The highest BCUT2D eigenvalue weighted by atomic mass is 19.1. The molecule has 0 amide bonds. The first kappa shape index (κ1) is 20.4. The summed E-state index contributed by atoms with van der Waals surface area (Å²) in [5, 5.41) is 0. The van der Waals surface area contributed by atoms with E-state index in [0.29, 0.717) is 11.4 Å². The van der Waals surface area contributed by atoms with E-state index in [0.717, 1.165) is 23.2 Å². The number of benzene rings is 5. The first-order chi connectivity index (χ1) is 16.7. The average molecular weight is 446 g/mol. The van der Waals surface area contributed by atoms with Crippen molar-refractivity contribution in [2.24, 2.45) is 0 Å². The Morgan fingerprint density at radius 3 is 1.76 bits per heavy atom. The zero-order chi connectivity index (χ0) is 23.1. The van der Waals surface area contributed by atoms with E-state index in [-0.39, 0.29) is 11.6 Å². The van der Waals surface area contributed by atoms with Gasteiger partial charge in [-0.05, 0) is 94.4 Å². The molecule has 1 nitrogen and oxygen atoms in total. The van der Waals surface area contributed by atoms with Crippen LogP contribution in [-0.2, 0) is 6.42 Å². The summed E-state index contributed by atoms with van der Waals surface area (Å²) in [5.41, 5.74) is 9.64. The molecular weight excluding hydrogens is 424 g/mol. The van der Waals surface area contributed by atoms with Crippen LogP contribution in [0.5, 0.6) is 0 Å². The van der Waals surface area contributed by atoms with E-state index in [4.69, 9.17) is 0 Å². The zero-order valence-electron chi connectivity index (χ0n) is 18.4. The van der Waals surface area contributed by atoms with Crippen LogP contribution < -0.4 is 4.90 Å². The molecule has 0 saturated carbocycles. The Morgan fingerprint density at radius 2 is 1.09 bits per heavy atom. The van der Waals surface area contributed by atoms with E-state index in [2.05, 4.69) is 54.6 Å². The third-order valence-electron chi connectivity index (χ3n) is 6.39. The molecule has 0 bridgehead atoms. The normalized spacial score (nSPS) is 11.7. The Balaban J connectivity index is 1.39. The standard InChI is InChI=1S/C31H21F2N/c32-25-6-3-8-28(19-25)34(29-9-4-7-26(33)20-29)27-15-13-21(14-16-27)22-11-12-24-17-23-5-1-2-10-30(23)31(24)18-22/h1-16,18-20H,17H2. The van der Waals surface area contributed by atoms with Gasteiger partial charge in [0, 0.05) is 17.1 Å². The van der Waals surface area contributed by atoms with Crippen molar-refractivity contribution in [1.29, 1.82) is 0 Å². The molecule has 0 heterocycles. The molecule has 5 aromatic carbocycles. The molecule has 34 heavy (non-hydrogen) atoms. The maximum atomic E-state index is 14.0. The number of hydrogen-bond donors (Lipinski definition) is 0. The van der Waals surface area contributed by atoms with Crippen LogP contribution in [0.4, 0.5) is 25.8 Å². The fourth-order valence-corrected chi connectivity index (χ4v) is 4.78. The van der Waals surface area contributed by atoms with E-state index in [1.54, 1.807) is 12.1 Å². The number of halogens is 2. The van der Waals surface area contributed by atoms with Gasteiger partial charge in [0.25, 0.3) is 0 Å². The molecule has 0 aromatic heterocycles. The lowest BCUT2D eigenvalue weighted by Gasteiger charge is -2.25. The van der Waals surface area contributed by atoms with Crippen LogP contribution in [-0.4, -0.2) is 0 Å². The van der Waals surface area contributed by atoms with Crippen molar-refractivity contribution in [3.63, 3.8) is 0 Å². The third-order valence-corrected chi connectivity index (χ3v) is 6.39. The Bertz CT molecular complexity index is 1460. The van der Waals surface area contributed by atoms with Crippen LogP contribution in [0.2, 0.25) is 0 Å². The number of fused-ring (bicyclic) bond motifs is 3. The summed E-state index contributed by atoms with van der Waals surface area (Å²) in [6.07, 6.45) is 0.973. The van der Waals surface area contributed by atoms with Crippen molar-refractivity contribution in [2.75, 3.05) is 4.90 Å². The second-order valence-corrected chi connectivity index (χ2v) is 8.55. The summed E-state index contributed by atoms with van der Waals surface area (Å²) in [6.45, 7) is 0. The second-order valence-electron chi connectivity index (χ2n) is 8.55. The van der Waals surface area contributed by atoms with Crippen molar-refractivity contribution in [3.05, 3.63) is 138 Å². The van der Waals surface area contributed by atoms with Crippen molar-refractivity contribution in [1.82, 2.24) is 0 Å². The smallest absolute Gasteiger partial charge is 0.125 e. The molecule has 0 atom stereocenters. The van der Waals surface area contributed by atoms with E-state index in [1.165, 1.54) is 46.5 Å². The highest BCUT2D eigenvalue weighted by molar-refractivity contribution is 5.83. The van der Waals surface area contributed by atoms with Crippen LogP contribution in [0.25, 0.3) is 22.3 Å². The number of rotatable bonds is 4. The number of anilines is 3. The van der Waals surface area contributed by atoms with Gasteiger partial charge in [-0.25, -0.2) is 8.78 Å². The van der Waals surface area contributed by atoms with Gasteiger partial charge >= 0.3 is 0 Å². The molecule has 1 aliphatic rings. The molecule has 1 aliphatic carbocycles. The Labute approximate surface area is 197 Å². The fourth-order valence-electron chi connectivity index (χ4n) is 4.78. The summed E-state index contributed by atoms with van der Waals surface area (Å²) in [6, 6.07) is 36.0. The van der Waals surface area contributed by atoms with E-state index >= 15 is 0 Å². The quantitative estimate of drug-likeness (QED) is 0.262. The monoisotopic (exact) mass is 445 g/mol. The largest absolute Gasteiger partial charge is 0.310 e. The van der Waals surface area contributed by atoms with Gasteiger partial charge in [-0.3, -0.25) is 0 Å². The lowest BCUT2D eigenvalue weighted by Crippen LogP contribution is -2.10. The first-order valence-electron chi connectivity index (χ1n) is 11.3. The van der Waals surface area contributed by atoms with Gasteiger partial charge in [0.2, 0.25) is 0 Å². The van der Waals surface area contributed by atoms with Crippen molar-refractivity contribution in [2.45, 2.75) is 6.42 Å².